The average molecular weight is 272 g/mol. The molecule has 1 N–H and O–H groups in total. The second kappa shape index (κ2) is 4.59. The molecule has 11 heavy (non-hydrogen) atoms. The minimum Gasteiger partial charge on any atom is -0.390 e. The monoisotopic (exact) mass is 272 g/mol. The molecule has 1 rings (SSSR count). The lowest BCUT2D eigenvalue weighted by molar-refractivity contribution is -0.203. The first-order valence-corrected chi connectivity index (χ1v) is 5.22. The van der Waals surface area contributed by atoms with Crippen molar-refractivity contribution in [2.45, 2.75) is 31.3 Å². The third kappa shape index (κ3) is 2.54. The second-order valence-electron chi connectivity index (χ2n) is 2.64. The molecule has 0 radical (unpaired) electrons. The van der Waals surface area contributed by atoms with E-state index in [9.17, 15) is 5.11 Å². The Bertz CT molecular complexity index is 120. The quantitative estimate of drug-likeness (QED) is 0.600. The van der Waals surface area contributed by atoms with Crippen LogP contribution in [0.25, 0.3) is 0 Å². The standard InChI is InChI=1S/C7H13IO3/c1-10-7-3-2-5(9)6(4-8)11-7/h5-7,9H,2-4H2,1H3/t5-,6+,7-/m0/s1. The van der Waals surface area contributed by atoms with Crippen molar-refractivity contribution < 1.29 is 14.6 Å². The van der Waals surface area contributed by atoms with Crippen molar-refractivity contribution in [3.05, 3.63) is 0 Å². The van der Waals surface area contributed by atoms with Gasteiger partial charge in [-0.3, -0.25) is 0 Å². The summed E-state index contributed by atoms with van der Waals surface area (Å²) in [5.41, 5.74) is 0. The summed E-state index contributed by atoms with van der Waals surface area (Å²) < 4.78 is 11.3. The Labute approximate surface area is 80.2 Å². The first-order valence-electron chi connectivity index (χ1n) is 3.70. The number of aliphatic hydroxyl groups is 1. The van der Waals surface area contributed by atoms with Gasteiger partial charge in [-0.2, -0.15) is 0 Å². The van der Waals surface area contributed by atoms with Crippen LogP contribution in [0.1, 0.15) is 12.8 Å². The van der Waals surface area contributed by atoms with Gasteiger partial charge in [0.15, 0.2) is 6.29 Å². The van der Waals surface area contributed by atoms with E-state index in [-0.39, 0.29) is 18.5 Å². The van der Waals surface area contributed by atoms with E-state index in [1.54, 1.807) is 7.11 Å². The predicted octanol–water partition coefficient (Wildman–Crippen LogP) is 0.934. The van der Waals surface area contributed by atoms with Gasteiger partial charge in [-0.15, -0.1) is 0 Å². The highest BCUT2D eigenvalue weighted by molar-refractivity contribution is 14.1. The Morgan fingerprint density at radius 3 is 2.91 bits per heavy atom. The molecule has 1 fully saturated rings. The molecule has 0 aromatic rings. The van der Waals surface area contributed by atoms with E-state index in [1.165, 1.54) is 0 Å². The van der Waals surface area contributed by atoms with E-state index in [0.717, 1.165) is 17.3 Å². The Hall–Kier alpha value is 0.610. The molecule has 3 atom stereocenters. The van der Waals surface area contributed by atoms with Gasteiger partial charge in [-0.05, 0) is 6.42 Å². The smallest absolute Gasteiger partial charge is 0.157 e. The third-order valence-electron chi connectivity index (χ3n) is 1.87. The summed E-state index contributed by atoms with van der Waals surface area (Å²) in [4.78, 5) is 0. The van der Waals surface area contributed by atoms with Gasteiger partial charge in [0, 0.05) is 18.0 Å². The van der Waals surface area contributed by atoms with Crippen LogP contribution in [0, 0.1) is 0 Å². The Morgan fingerprint density at radius 2 is 2.36 bits per heavy atom. The van der Waals surface area contributed by atoms with Crippen molar-refractivity contribution >= 4 is 22.6 Å². The molecule has 0 bridgehead atoms. The van der Waals surface area contributed by atoms with E-state index in [1.807, 2.05) is 0 Å². The zero-order valence-electron chi connectivity index (χ0n) is 6.50. The lowest BCUT2D eigenvalue weighted by Crippen LogP contribution is -2.40. The van der Waals surface area contributed by atoms with Crippen molar-refractivity contribution in [2.24, 2.45) is 0 Å². The number of hydrogen-bond donors (Lipinski definition) is 1. The van der Waals surface area contributed by atoms with Crippen molar-refractivity contribution in [3.63, 3.8) is 0 Å². The molecule has 0 spiro atoms. The highest BCUT2D eigenvalue weighted by Gasteiger charge is 2.28. The normalized spacial score (nSPS) is 39.0. The van der Waals surface area contributed by atoms with E-state index >= 15 is 0 Å². The fraction of sp³-hybridized carbons (Fsp3) is 1.00. The summed E-state index contributed by atoms with van der Waals surface area (Å²) in [5, 5.41) is 9.40. The van der Waals surface area contributed by atoms with E-state index < -0.39 is 0 Å². The van der Waals surface area contributed by atoms with Crippen LogP contribution in [-0.2, 0) is 9.47 Å². The summed E-state index contributed by atoms with van der Waals surface area (Å²) in [6.45, 7) is 0. The number of rotatable bonds is 2. The van der Waals surface area contributed by atoms with Gasteiger partial charge < -0.3 is 14.6 Å². The largest absolute Gasteiger partial charge is 0.390 e. The van der Waals surface area contributed by atoms with Gasteiger partial charge in [-0.1, -0.05) is 22.6 Å². The van der Waals surface area contributed by atoms with Crippen LogP contribution in [0.2, 0.25) is 0 Å². The SMILES string of the molecule is CO[C@@H]1CC[C@H](O)[C@@H](CI)O1. The molecule has 1 saturated heterocycles. The van der Waals surface area contributed by atoms with Crippen LogP contribution in [0.15, 0.2) is 0 Å². The van der Waals surface area contributed by atoms with Crippen LogP contribution in [0.4, 0.5) is 0 Å². The number of methoxy groups -OCH3 is 1. The minimum absolute atomic E-state index is 0.0469. The molecule has 3 nitrogen and oxygen atoms in total. The van der Waals surface area contributed by atoms with Gasteiger partial charge in [-0.25, -0.2) is 0 Å². The van der Waals surface area contributed by atoms with Gasteiger partial charge in [0.2, 0.25) is 0 Å². The van der Waals surface area contributed by atoms with E-state index in [4.69, 9.17) is 9.47 Å². The highest BCUT2D eigenvalue weighted by Crippen LogP contribution is 2.21. The molecule has 0 aromatic carbocycles. The number of hydrogen-bond acceptors (Lipinski definition) is 3. The maximum atomic E-state index is 9.40. The van der Waals surface area contributed by atoms with Gasteiger partial charge in [0.05, 0.1) is 12.2 Å². The highest BCUT2D eigenvalue weighted by atomic mass is 127. The summed E-state index contributed by atoms with van der Waals surface area (Å²) in [6.07, 6.45) is 1.11. The first kappa shape index (κ1) is 9.70. The van der Waals surface area contributed by atoms with Crippen LogP contribution in [-0.4, -0.2) is 35.1 Å². The summed E-state index contributed by atoms with van der Waals surface area (Å²) in [7, 11) is 1.63. The van der Waals surface area contributed by atoms with Crippen LogP contribution < -0.4 is 0 Å². The molecule has 1 aliphatic heterocycles. The molecule has 0 unspecified atom stereocenters. The zero-order chi connectivity index (χ0) is 8.27. The van der Waals surface area contributed by atoms with Crippen LogP contribution in [0.3, 0.4) is 0 Å². The zero-order valence-corrected chi connectivity index (χ0v) is 8.65. The van der Waals surface area contributed by atoms with Crippen LogP contribution >= 0.6 is 22.6 Å². The van der Waals surface area contributed by atoms with Crippen molar-refractivity contribution in [2.75, 3.05) is 11.5 Å². The summed E-state index contributed by atoms with van der Waals surface area (Å²) in [6, 6.07) is 0. The minimum atomic E-state index is -0.307. The molecular formula is C7H13IO3. The molecule has 1 aliphatic rings. The lowest BCUT2D eigenvalue weighted by atomic mass is 10.1. The first-order chi connectivity index (χ1) is 5.27. The fourth-order valence-corrected chi connectivity index (χ4v) is 1.95. The van der Waals surface area contributed by atoms with Gasteiger partial charge in [0.25, 0.3) is 0 Å². The maximum absolute atomic E-state index is 9.40. The van der Waals surface area contributed by atoms with Crippen molar-refractivity contribution in [3.8, 4) is 0 Å². The summed E-state index contributed by atoms with van der Waals surface area (Å²) in [5.74, 6) is 0. The van der Waals surface area contributed by atoms with Crippen molar-refractivity contribution in [1.29, 1.82) is 0 Å². The van der Waals surface area contributed by atoms with E-state index in [2.05, 4.69) is 22.6 Å². The predicted molar refractivity (Wildman–Crippen MR) is 49.8 cm³/mol. The lowest BCUT2D eigenvalue weighted by Gasteiger charge is -2.31. The maximum Gasteiger partial charge on any atom is 0.157 e. The number of aliphatic hydroxyl groups excluding tert-OH is 1. The second-order valence-corrected chi connectivity index (χ2v) is 3.52. The molecule has 1 heterocycles. The van der Waals surface area contributed by atoms with Crippen LogP contribution in [0.5, 0.6) is 0 Å². The van der Waals surface area contributed by atoms with Gasteiger partial charge in [0.1, 0.15) is 0 Å². The summed E-state index contributed by atoms with van der Waals surface area (Å²) >= 11 is 2.21. The van der Waals surface area contributed by atoms with E-state index in [0.29, 0.717) is 0 Å². The molecular weight excluding hydrogens is 259 g/mol. The Morgan fingerprint density at radius 1 is 1.64 bits per heavy atom. The third-order valence-corrected chi connectivity index (χ3v) is 2.74. The molecule has 4 heteroatoms. The number of halogens is 1. The number of ether oxygens (including phenoxy) is 2. The molecule has 0 amide bonds. The van der Waals surface area contributed by atoms with Gasteiger partial charge >= 0.3 is 0 Å². The molecule has 0 aliphatic carbocycles. The topological polar surface area (TPSA) is 38.7 Å². The molecule has 0 aromatic heterocycles. The van der Waals surface area contributed by atoms with Crippen molar-refractivity contribution in [1.82, 2.24) is 0 Å². The Kier molecular flexibility index (Phi) is 4.05. The molecule has 66 valence electrons. The fourth-order valence-electron chi connectivity index (χ4n) is 1.16. The average Bonchev–Trinajstić information content (AvgIpc) is 2.05. The Balaban J connectivity index is 2.37. The molecule has 0 saturated carbocycles. The number of alkyl halides is 1.